The minimum Gasteiger partial charge on any atom is -0.390 e. The molecule has 0 radical (unpaired) electrons. The van der Waals surface area contributed by atoms with E-state index < -0.39 is 18.0 Å². The van der Waals surface area contributed by atoms with Crippen LogP contribution >= 0.6 is 0 Å². The van der Waals surface area contributed by atoms with Crippen molar-refractivity contribution < 1.29 is 24.4 Å². The average Bonchev–Trinajstić information content (AvgIpc) is 2.78. The van der Waals surface area contributed by atoms with Gasteiger partial charge in [0.05, 0.1) is 25.4 Å². The first-order valence-corrected chi connectivity index (χ1v) is 6.98. The lowest BCUT2D eigenvalue weighted by Crippen LogP contribution is -2.47. The Bertz CT molecular complexity index is 289. The van der Waals surface area contributed by atoms with Gasteiger partial charge >= 0.3 is 0 Å². The zero-order valence-electron chi connectivity index (χ0n) is 10.6. The Hall–Kier alpha value is -0.200. The molecule has 1 aliphatic carbocycles. The molecule has 2 saturated heterocycles. The fraction of sp³-hybridized carbons (Fsp3) is 1.00. The van der Waals surface area contributed by atoms with Crippen LogP contribution in [0.4, 0.5) is 0 Å². The summed E-state index contributed by atoms with van der Waals surface area (Å²) in [5.74, 6) is -0.396. The van der Waals surface area contributed by atoms with Crippen LogP contribution in [0, 0.1) is 0 Å². The van der Waals surface area contributed by atoms with Crippen LogP contribution in [0.15, 0.2) is 0 Å². The van der Waals surface area contributed by atoms with Gasteiger partial charge in [0.15, 0.2) is 5.79 Å². The van der Waals surface area contributed by atoms with E-state index >= 15 is 0 Å². The first-order chi connectivity index (χ1) is 8.69. The molecule has 0 aromatic carbocycles. The predicted molar refractivity (Wildman–Crippen MR) is 63.0 cm³/mol. The summed E-state index contributed by atoms with van der Waals surface area (Å²) in [6.45, 7) is 0.714. The van der Waals surface area contributed by atoms with E-state index in [0.29, 0.717) is 13.0 Å². The number of aliphatic hydroxyl groups excluding tert-OH is 2. The van der Waals surface area contributed by atoms with Gasteiger partial charge < -0.3 is 24.4 Å². The second kappa shape index (κ2) is 5.06. The van der Waals surface area contributed by atoms with Crippen LogP contribution in [0.5, 0.6) is 0 Å². The molecule has 1 spiro atoms. The van der Waals surface area contributed by atoms with Crippen LogP contribution in [-0.4, -0.2) is 53.6 Å². The Morgan fingerprint density at radius 2 is 1.67 bits per heavy atom. The zero-order valence-corrected chi connectivity index (χ0v) is 10.6. The molecule has 3 rings (SSSR count). The average molecular weight is 258 g/mol. The minimum absolute atomic E-state index is 0.106. The molecule has 0 bridgehead atoms. The van der Waals surface area contributed by atoms with Crippen molar-refractivity contribution in [2.75, 3.05) is 13.2 Å². The van der Waals surface area contributed by atoms with Crippen molar-refractivity contribution in [2.24, 2.45) is 0 Å². The normalized spacial score (nSPS) is 44.3. The highest BCUT2D eigenvalue weighted by atomic mass is 16.8. The summed E-state index contributed by atoms with van der Waals surface area (Å²) in [5.41, 5.74) is 0. The van der Waals surface area contributed by atoms with Crippen LogP contribution < -0.4 is 0 Å². The Morgan fingerprint density at radius 1 is 0.889 bits per heavy atom. The summed E-state index contributed by atoms with van der Waals surface area (Å²) in [6, 6.07) is 0. The van der Waals surface area contributed by atoms with Crippen molar-refractivity contribution in [3.63, 3.8) is 0 Å². The third kappa shape index (κ3) is 2.42. The third-order valence-corrected chi connectivity index (χ3v) is 4.31. The highest BCUT2D eigenvalue weighted by molar-refractivity contribution is 4.89. The monoisotopic (exact) mass is 258 g/mol. The van der Waals surface area contributed by atoms with Gasteiger partial charge in [-0.3, -0.25) is 0 Å². The van der Waals surface area contributed by atoms with Gasteiger partial charge in [-0.05, 0) is 12.8 Å². The number of hydrogen-bond donors (Lipinski definition) is 2. The number of rotatable bonds is 1. The van der Waals surface area contributed by atoms with Crippen molar-refractivity contribution in [1.82, 2.24) is 0 Å². The van der Waals surface area contributed by atoms with Crippen molar-refractivity contribution in [1.29, 1.82) is 0 Å². The van der Waals surface area contributed by atoms with Gasteiger partial charge in [0, 0.05) is 19.3 Å². The molecule has 0 amide bonds. The maximum absolute atomic E-state index is 9.68. The summed E-state index contributed by atoms with van der Waals surface area (Å²) in [5, 5.41) is 19.1. The highest BCUT2D eigenvalue weighted by Gasteiger charge is 2.46. The first-order valence-electron chi connectivity index (χ1n) is 6.98. The number of aliphatic hydroxyl groups is 2. The summed E-state index contributed by atoms with van der Waals surface area (Å²) in [4.78, 5) is 0. The molecular formula is C13H22O5. The topological polar surface area (TPSA) is 68.2 Å². The molecule has 18 heavy (non-hydrogen) atoms. The Morgan fingerprint density at radius 3 is 2.39 bits per heavy atom. The predicted octanol–water partition coefficient (Wildman–Crippen LogP) is 0.573. The second-order valence-electron chi connectivity index (χ2n) is 5.68. The van der Waals surface area contributed by atoms with Gasteiger partial charge in [-0.2, -0.15) is 0 Å². The van der Waals surface area contributed by atoms with Crippen molar-refractivity contribution in [3.05, 3.63) is 0 Å². The largest absolute Gasteiger partial charge is 0.390 e. The van der Waals surface area contributed by atoms with Gasteiger partial charge in [0.1, 0.15) is 12.2 Å². The molecule has 5 nitrogen and oxygen atoms in total. The summed E-state index contributed by atoms with van der Waals surface area (Å²) in [7, 11) is 0. The molecule has 5 heteroatoms. The van der Waals surface area contributed by atoms with E-state index in [9.17, 15) is 10.2 Å². The molecule has 104 valence electrons. The van der Waals surface area contributed by atoms with Crippen LogP contribution in [0.1, 0.15) is 38.5 Å². The van der Waals surface area contributed by atoms with E-state index in [-0.39, 0.29) is 18.8 Å². The van der Waals surface area contributed by atoms with E-state index in [1.54, 1.807) is 0 Å². The van der Waals surface area contributed by atoms with E-state index in [1.807, 2.05) is 0 Å². The van der Waals surface area contributed by atoms with E-state index in [4.69, 9.17) is 14.2 Å². The van der Waals surface area contributed by atoms with E-state index in [0.717, 1.165) is 25.7 Å². The molecule has 1 saturated carbocycles. The molecular weight excluding hydrogens is 236 g/mol. The molecule has 2 heterocycles. The molecule has 4 atom stereocenters. The number of ether oxygens (including phenoxy) is 3. The molecule has 0 aromatic rings. The lowest BCUT2D eigenvalue weighted by Gasteiger charge is -2.35. The fourth-order valence-electron chi connectivity index (χ4n) is 3.17. The summed E-state index contributed by atoms with van der Waals surface area (Å²) in [6.07, 6.45) is 4.15. The molecule has 3 aliphatic rings. The van der Waals surface area contributed by atoms with Crippen LogP contribution in [0.2, 0.25) is 0 Å². The van der Waals surface area contributed by atoms with Gasteiger partial charge in [0.25, 0.3) is 0 Å². The summed E-state index contributed by atoms with van der Waals surface area (Å²) < 4.78 is 17.5. The standard InChI is InChI=1S/C13H22O5/c14-9-6-11(16-7-10(9)15)12-8-17-13(18-12)4-2-1-3-5-13/h9-12,14-15H,1-8H2/t9-,10+,11-,12-/m1/s1. The van der Waals surface area contributed by atoms with Gasteiger partial charge in [-0.25, -0.2) is 0 Å². The molecule has 0 unspecified atom stereocenters. The van der Waals surface area contributed by atoms with Crippen molar-refractivity contribution >= 4 is 0 Å². The quantitative estimate of drug-likeness (QED) is 0.720. The Balaban J connectivity index is 1.58. The van der Waals surface area contributed by atoms with Gasteiger partial charge in [-0.15, -0.1) is 0 Å². The van der Waals surface area contributed by atoms with Crippen LogP contribution in [-0.2, 0) is 14.2 Å². The fourth-order valence-corrected chi connectivity index (χ4v) is 3.17. The minimum atomic E-state index is -0.771. The Labute approximate surface area is 107 Å². The molecule has 3 fully saturated rings. The lowest BCUT2D eigenvalue weighted by molar-refractivity contribution is -0.211. The molecule has 2 aliphatic heterocycles. The van der Waals surface area contributed by atoms with E-state index in [1.165, 1.54) is 6.42 Å². The Kier molecular flexibility index (Phi) is 3.60. The smallest absolute Gasteiger partial charge is 0.169 e. The zero-order chi connectivity index (χ0) is 12.6. The first kappa shape index (κ1) is 12.8. The maximum atomic E-state index is 9.68. The lowest BCUT2D eigenvalue weighted by atomic mass is 9.94. The van der Waals surface area contributed by atoms with E-state index in [2.05, 4.69) is 0 Å². The summed E-state index contributed by atoms with van der Waals surface area (Å²) >= 11 is 0. The van der Waals surface area contributed by atoms with Crippen LogP contribution in [0.3, 0.4) is 0 Å². The third-order valence-electron chi connectivity index (χ3n) is 4.31. The van der Waals surface area contributed by atoms with Crippen molar-refractivity contribution in [2.45, 2.75) is 68.7 Å². The maximum Gasteiger partial charge on any atom is 0.169 e. The van der Waals surface area contributed by atoms with Gasteiger partial charge in [0.2, 0.25) is 0 Å². The molecule has 0 aromatic heterocycles. The second-order valence-corrected chi connectivity index (χ2v) is 5.68. The SMILES string of the molecule is O[C@@H]1C[C@H]([C@H]2COC3(CCCCC3)O2)OC[C@@H]1O. The number of hydrogen-bond acceptors (Lipinski definition) is 5. The van der Waals surface area contributed by atoms with Crippen LogP contribution in [0.25, 0.3) is 0 Å². The van der Waals surface area contributed by atoms with Crippen molar-refractivity contribution in [3.8, 4) is 0 Å². The molecule has 2 N–H and O–H groups in total. The van der Waals surface area contributed by atoms with Gasteiger partial charge in [-0.1, -0.05) is 6.42 Å². The highest BCUT2D eigenvalue weighted by Crippen LogP contribution is 2.39.